The van der Waals surface area contributed by atoms with Gasteiger partial charge in [0, 0.05) is 37.2 Å². The second-order valence-electron chi connectivity index (χ2n) is 4.38. The molecule has 0 aliphatic carbocycles. The van der Waals surface area contributed by atoms with Crippen LogP contribution in [0.4, 0.5) is 0 Å². The quantitative estimate of drug-likeness (QED) is 0.850. The Morgan fingerprint density at radius 1 is 1.32 bits per heavy atom. The smallest absolute Gasteiger partial charge is 0.0409 e. The molecule has 2 rings (SSSR count). The van der Waals surface area contributed by atoms with E-state index < -0.39 is 0 Å². The Morgan fingerprint density at radius 2 is 2.00 bits per heavy atom. The summed E-state index contributed by atoms with van der Waals surface area (Å²) in [5.74, 6) is 0. The molecular weight excluding hydrogens is 303 g/mol. The molecule has 1 aromatic carbocycles. The highest BCUT2D eigenvalue weighted by Crippen LogP contribution is 2.26. The number of nitrogens with zero attached hydrogens (tertiary/aromatic N) is 1. The van der Waals surface area contributed by atoms with Crippen molar-refractivity contribution in [3.05, 3.63) is 47.5 Å². The number of piperazine rings is 1. The summed E-state index contributed by atoms with van der Waals surface area (Å²) < 4.78 is 0. The van der Waals surface area contributed by atoms with Gasteiger partial charge in [0.05, 0.1) is 0 Å². The number of nitrogens with one attached hydrogen (secondary N) is 1. The molecule has 19 heavy (non-hydrogen) atoms. The van der Waals surface area contributed by atoms with Gasteiger partial charge in [0.2, 0.25) is 0 Å². The van der Waals surface area contributed by atoms with E-state index >= 15 is 0 Å². The molecule has 0 radical (unpaired) electrons. The van der Waals surface area contributed by atoms with Crippen molar-refractivity contribution in [2.75, 3.05) is 26.2 Å². The molecule has 1 aliphatic rings. The van der Waals surface area contributed by atoms with Gasteiger partial charge in [0.15, 0.2) is 0 Å². The summed E-state index contributed by atoms with van der Waals surface area (Å²) in [5.41, 5.74) is 1.29. The fourth-order valence-corrected chi connectivity index (χ4v) is 2.56. The fraction of sp³-hybridized carbons (Fsp3) is 0.429. The second-order valence-corrected chi connectivity index (χ2v) is 4.82. The molecule has 2 nitrogen and oxygen atoms in total. The first kappa shape index (κ1) is 18.8. The van der Waals surface area contributed by atoms with E-state index in [1.165, 1.54) is 5.56 Å². The number of benzene rings is 1. The zero-order valence-corrected chi connectivity index (χ0v) is 13.2. The summed E-state index contributed by atoms with van der Waals surface area (Å²) in [6.07, 6.45) is 2.97. The highest BCUT2D eigenvalue weighted by atomic mass is 35.5. The Bertz CT molecular complexity index is 379. The summed E-state index contributed by atoms with van der Waals surface area (Å²) in [4.78, 5) is 2.50. The number of rotatable bonds is 4. The first-order chi connectivity index (χ1) is 8.31. The van der Waals surface area contributed by atoms with E-state index in [0.29, 0.717) is 6.04 Å². The highest BCUT2D eigenvalue weighted by molar-refractivity contribution is 6.30. The highest BCUT2D eigenvalue weighted by Gasteiger charge is 2.20. The minimum Gasteiger partial charge on any atom is -0.314 e. The topological polar surface area (TPSA) is 15.3 Å². The van der Waals surface area contributed by atoms with E-state index in [2.05, 4.69) is 28.9 Å². The summed E-state index contributed by atoms with van der Waals surface area (Å²) in [7, 11) is 0. The standard InChI is InChI=1S/C14H19ClN2.2ClH/c1-2-4-14(17-9-7-16-8-10-17)12-5-3-6-13(15)11-12;;/h2-3,5-6,11,14,16H,1,4,7-10H2;2*1H/t14-;;/m1../s1. The Hall–Kier alpha value is -0.250. The van der Waals surface area contributed by atoms with Crippen LogP contribution in [0.25, 0.3) is 0 Å². The third-order valence-electron chi connectivity index (χ3n) is 3.22. The van der Waals surface area contributed by atoms with E-state index in [-0.39, 0.29) is 24.8 Å². The van der Waals surface area contributed by atoms with Crippen molar-refractivity contribution in [2.45, 2.75) is 12.5 Å². The van der Waals surface area contributed by atoms with E-state index in [4.69, 9.17) is 11.6 Å². The van der Waals surface area contributed by atoms with Crippen LogP contribution in [-0.2, 0) is 0 Å². The Balaban J connectivity index is 0.00000162. The van der Waals surface area contributed by atoms with Crippen LogP contribution in [0.15, 0.2) is 36.9 Å². The van der Waals surface area contributed by atoms with Crippen molar-refractivity contribution < 1.29 is 0 Å². The lowest BCUT2D eigenvalue weighted by Gasteiger charge is -2.34. The van der Waals surface area contributed by atoms with Crippen molar-refractivity contribution in [1.29, 1.82) is 0 Å². The minimum atomic E-state index is 0. The van der Waals surface area contributed by atoms with Crippen LogP contribution in [0.1, 0.15) is 18.0 Å². The van der Waals surface area contributed by atoms with Gasteiger partial charge in [-0.05, 0) is 24.1 Å². The maximum atomic E-state index is 6.07. The predicted octanol–water partition coefficient (Wildman–Crippen LogP) is 3.71. The minimum absolute atomic E-state index is 0. The van der Waals surface area contributed by atoms with E-state index in [1.54, 1.807) is 0 Å². The molecule has 1 fully saturated rings. The van der Waals surface area contributed by atoms with Crippen molar-refractivity contribution in [3.63, 3.8) is 0 Å². The molecule has 1 aliphatic heterocycles. The Morgan fingerprint density at radius 3 is 2.58 bits per heavy atom. The van der Waals surface area contributed by atoms with Crippen LogP contribution in [0, 0.1) is 0 Å². The summed E-state index contributed by atoms with van der Waals surface area (Å²) in [6.45, 7) is 8.17. The molecule has 0 unspecified atom stereocenters. The van der Waals surface area contributed by atoms with Crippen molar-refractivity contribution in [1.82, 2.24) is 10.2 Å². The monoisotopic (exact) mass is 322 g/mol. The molecule has 1 N–H and O–H groups in total. The predicted molar refractivity (Wildman–Crippen MR) is 87.9 cm³/mol. The molecule has 108 valence electrons. The van der Waals surface area contributed by atoms with E-state index in [0.717, 1.165) is 37.6 Å². The SMILES string of the molecule is C=CC[C@H](c1cccc(Cl)c1)N1CCNCC1.Cl.Cl. The first-order valence-electron chi connectivity index (χ1n) is 6.12. The molecule has 1 aromatic rings. The molecule has 0 bridgehead atoms. The van der Waals surface area contributed by atoms with Gasteiger partial charge in [-0.3, -0.25) is 4.90 Å². The van der Waals surface area contributed by atoms with E-state index in [1.807, 2.05) is 18.2 Å². The van der Waals surface area contributed by atoms with Gasteiger partial charge < -0.3 is 5.32 Å². The Labute approximate surface area is 133 Å². The van der Waals surface area contributed by atoms with Crippen LogP contribution >= 0.6 is 36.4 Å². The lowest BCUT2D eigenvalue weighted by Crippen LogP contribution is -2.45. The summed E-state index contributed by atoms with van der Waals surface area (Å²) in [6, 6.07) is 8.58. The molecule has 5 heteroatoms. The van der Waals surface area contributed by atoms with Gasteiger partial charge >= 0.3 is 0 Å². The largest absolute Gasteiger partial charge is 0.314 e. The van der Waals surface area contributed by atoms with E-state index in [9.17, 15) is 0 Å². The van der Waals surface area contributed by atoms with Gasteiger partial charge in [-0.25, -0.2) is 0 Å². The van der Waals surface area contributed by atoms with Crippen molar-refractivity contribution in [2.24, 2.45) is 0 Å². The zero-order valence-electron chi connectivity index (χ0n) is 10.8. The lowest BCUT2D eigenvalue weighted by atomic mass is 10.0. The van der Waals surface area contributed by atoms with Crippen LogP contribution in [-0.4, -0.2) is 31.1 Å². The maximum Gasteiger partial charge on any atom is 0.0409 e. The fourth-order valence-electron chi connectivity index (χ4n) is 2.36. The molecule has 0 aromatic heterocycles. The lowest BCUT2D eigenvalue weighted by molar-refractivity contribution is 0.174. The van der Waals surface area contributed by atoms with Gasteiger partial charge in [0.1, 0.15) is 0 Å². The third-order valence-corrected chi connectivity index (χ3v) is 3.45. The molecule has 0 saturated carbocycles. The Kier molecular flexibility index (Phi) is 9.50. The number of hydrogen-bond donors (Lipinski definition) is 1. The maximum absolute atomic E-state index is 6.07. The molecule has 0 amide bonds. The van der Waals surface area contributed by atoms with Gasteiger partial charge in [0.25, 0.3) is 0 Å². The summed E-state index contributed by atoms with van der Waals surface area (Å²) >= 11 is 6.07. The van der Waals surface area contributed by atoms with Gasteiger partial charge in [-0.1, -0.05) is 29.8 Å². The van der Waals surface area contributed by atoms with Gasteiger partial charge in [-0.15, -0.1) is 31.4 Å². The third kappa shape index (κ3) is 5.33. The average molecular weight is 324 g/mol. The normalized spacial score (nSPS) is 16.9. The van der Waals surface area contributed by atoms with Crippen LogP contribution in [0.5, 0.6) is 0 Å². The average Bonchev–Trinajstić information content (AvgIpc) is 2.37. The molecule has 1 saturated heterocycles. The molecule has 1 atom stereocenters. The molecule has 1 heterocycles. The van der Waals surface area contributed by atoms with Gasteiger partial charge in [-0.2, -0.15) is 0 Å². The molecule has 0 spiro atoms. The first-order valence-corrected chi connectivity index (χ1v) is 6.50. The summed E-state index contributed by atoms with van der Waals surface area (Å²) in [5, 5.41) is 4.19. The number of hydrogen-bond acceptors (Lipinski definition) is 2. The second kappa shape index (κ2) is 9.62. The van der Waals surface area contributed by atoms with Crippen LogP contribution in [0.3, 0.4) is 0 Å². The van der Waals surface area contributed by atoms with Crippen LogP contribution < -0.4 is 5.32 Å². The number of halogens is 3. The molecular formula is C14H21Cl3N2. The van der Waals surface area contributed by atoms with Crippen LogP contribution in [0.2, 0.25) is 5.02 Å². The van der Waals surface area contributed by atoms with Crippen molar-refractivity contribution in [3.8, 4) is 0 Å². The zero-order chi connectivity index (χ0) is 12.1. The van der Waals surface area contributed by atoms with Crippen molar-refractivity contribution >= 4 is 36.4 Å².